The molecule has 108 valence electrons. The van der Waals surface area contributed by atoms with E-state index in [0.717, 1.165) is 21.8 Å². The van der Waals surface area contributed by atoms with Crippen LogP contribution in [0.25, 0.3) is 0 Å². The third kappa shape index (κ3) is 6.74. The highest BCUT2D eigenvalue weighted by Crippen LogP contribution is 2.28. The van der Waals surface area contributed by atoms with E-state index < -0.39 is 10.0 Å². The van der Waals surface area contributed by atoms with E-state index in [9.17, 15) is 8.42 Å². The molecule has 2 N–H and O–H groups in total. The number of ether oxygens (including phenoxy) is 1. The molecule has 0 aliphatic rings. The van der Waals surface area contributed by atoms with Gasteiger partial charge in [0.25, 0.3) is 0 Å². The maximum absolute atomic E-state index is 11.1. The van der Waals surface area contributed by atoms with E-state index in [1.54, 1.807) is 0 Å². The minimum atomic E-state index is -3.47. The van der Waals surface area contributed by atoms with Gasteiger partial charge in [0, 0.05) is 10.4 Å². The van der Waals surface area contributed by atoms with Crippen LogP contribution in [0.2, 0.25) is 0 Å². The van der Waals surface area contributed by atoms with Crippen LogP contribution < -0.4 is 9.88 Å². The molecule has 1 aromatic carbocycles. The third-order valence-corrected chi connectivity index (χ3v) is 4.58. The Morgan fingerprint density at radius 1 is 1.37 bits per heavy atom. The Morgan fingerprint density at radius 3 is 2.58 bits per heavy atom. The molecule has 7 heteroatoms. The monoisotopic (exact) mass is 413 g/mol. The Morgan fingerprint density at radius 2 is 2.05 bits per heavy atom. The molecule has 1 rings (SSSR count). The zero-order chi connectivity index (χ0) is 14.5. The molecule has 0 spiro atoms. The van der Waals surface area contributed by atoms with Gasteiger partial charge in [-0.25, -0.2) is 13.6 Å². The van der Waals surface area contributed by atoms with Gasteiger partial charge in [0.15, 0.2) is 0 Å². The summed E-state index contributed by atoms with van der Waals surface area (Å²) >= 11 is 6.76. The number of halogens is 2. The second kappa shape index (κ2) is 7.61. The van der Waals surface area contributed by atoms with Crippen molar-refractivity contribution in [1.29, 1.82) is 0 Å². The van der Waals surface area contributed by atoms with Gasteiger partial charge in [-0.2, -0.15) is 0 Å². The predicted molar refractivity (Wildman–Crippen MR) is 83.7 cm³/mol. The number of rotatable bonds is 7. The van der Waals surface area contributed by atoms with E-state index in [4.69, 9.17) is 9.88 Å². The van der Waals surface area contributed by atoms with Crippen molar-refractivity contribution in [3.8, 4) is 5.75 Å². The first-order valence-corrected chi connectivity index (χ1v) is 9.20. The topological polar surface area (TPSA) is 69.4 Å². The van der Waals surface area contributed by atoms with Gasteiger partial charge < -0.3 is 4.74 Å². The lowest BCUT2D eigenvalue weighted by atomic mass is 10.1. The van der Waals surface area contributed by atoms with E-state index in [2.05, 4.69) is 31.9 Å². The number of sulfonamides is 1. The van der Waals surface area contributed by atoms with Crippen molar-refractivity contribution >= 4 is 41.9 Å². The van der Waals surface area contributed by atoms with Crippen LogP contribution >= 0.6 is 31.9 Å². The van der Waals surface area contributed by atoms with Gasteiger partial charge in [-0.15, -0.1) is 0 Å². The molecule has 0 heterocycles. The summed E-state index contributed by atoms with van der Waals surface area (Å²) in [6.45, 7) is 2.34. The van der Waals surface area contributed by atoms with Crippen LogP contribution in [-0.2, 0) is 10.0 Å². The Bertz CT molecular complexity index is 520. The summed E-state index contributed by atoms with van der Waals surface area (Å²) in [4.78, 5) is 0. The van der Waals surface area contributed by atoms with Crippen LogP contribution in [0.5, 0.6) is 5.75 Å². The molecule has 0 fully saturated rings. The van der Waals surface area contributed by atoms with E-state index >= 15 is 0 Å². The minimum Gasteiger partial charge on any atom is -0.492 e. The molecule has 0 amide bonds. The average molecular weight is 415 g/mol. The van der Waals surface area contributed by atoms with E-state index in [1.165, 1.54) is 0 Å². The summed E-state index contributed by atoms with van der Waals surface area (Å²) in [6, 6.07) is 5.58. The largest absolute Gasteiger partial charge is 0.492 e. The van der Waals surface area contributed by atoms with Crippen molar-refractivity contribution in [2.24, 2.45) is 11.1 Å². The SMILES string of the molecule is CCCC(COc1ccc(Br)cc1Br)CS(N)(=O)=O. The molecule has 1 atom stereocenters. The van der Waals surface area contributed by atoms with Crippen molar-refractivity contribution in [3.63, 3.8) is 0 Å². The quantitative estimate of drug-likeness (QED) is 0.743. The van der Waals surface area contributed by atoms with Crippen LogP contribution in [-0.4, -0.2) is 20.8 Å². The fraction of sp³-hybridized carbons (Fsp3) is 0.500. The van der Waals surface area contributed by atoms with Gasteiger partial charge in [0.1, 0.15) is 5.75 Å². The minimum absolute atomic E-state index is 0.0466. The first kappa shape index (κ1) is 16.9. The van der Waals surface area contributed by atoms with Crippen molar-refractivity contribution in [1.82, 2.24) is 0 Å². The van der Waals surface area contributed by atoms with E-state index in [0.29, 0.717) is 12.4 Å². The Hall–Kier alpha value is -0.110. The molecule has 0 aliphatic heterocycles. The summed E-state index contributed by atoms with van der Waals surface area (Å²) in [7, 11) is -3.47. The Labute approximate surface area is 131 Å². The van der Waals surface area contributed by atoms with Gasteiger partial charge >= 0.3 is 0 Å². The molecule has 0 saturated carbocycles. The van der Waals surface area contributed by atoms with Crippen molar-refractivity contribution < 1.29 is 13.2 Å². The molecule has 1 aromatic rings. The first-order chi connectivity index (χ1) is 8.81. The highest BCUT2D eigenvalue weighted by molar-refractivity contribution is 9.11. The lowest BCUT2D eigenvalue weighted by molar-refractivity contribution is 0.251. The first-order valence-electron chi connectivity index (χ1n) is 5.90. The number of hydrogen-bond acceptors (Lipinski definition) is 3. The van der Waals surface area contributed by atoms with E-state index in [1.807, 2.05) is 25.1 Å². The maximum Gasteiger partial charge on any atom is 0.209 e. The van der Waals surface area contributed by atoms with Gasteiger partial charge in [-0.1, -0.05) is 29.3 Å². The van der Waals surface area contributed by atoms with Crippen LogP contribution in [0.4, 0.5) is 0 Å². The summed E-state index contributed by atoms with van der Waals surface area (Å²) in [5.41, 5.74) is 0. The Balaban J connectivity index is 2.65. The van der Waals surface area contributed by atoms with Gasteiger partial charge in [0.05, 0.1) is 16.8 Å². The predicted octanol–water partition coefficient (Wildman–Crippen LogP) is 3.30. The lowest BCUT2D eigenvalue weighted by Crippen LogP contribution is -2.27. The highest BCUT2D eigenvalue weighted by Gasteiger charge is 2.16. The molecule has 4 nitrogen and oxygen atoms in total. The van der Waals surface area contributed by atoms with Crippen molar-refractivity contribution in [2.75, 3.05) is 12.4 Å². The van der Waals surface area contributed by atoms with Crippen LogP contribution in [0.3, 0.4) is 0 Å². The summed E-state index contributed by atoms with van der Waals surface area (Å²) in [6.07, 6.45) is 1.66. The summed E-state index contributed by atoms with van der Waals surface area (Å²) in [5.74, 6) is 0.559. The molecule has 1 unspecified atom stereocenters. The van der Waals surface area contributed by atoms with Crippen molar-refractivity contribution in [2.45, 2.75) is 19.8 Å². The van der Waals surface area contributed by atoms with Crippen molar-refractivity contribution in [3.05, 3.63) is 27.1 Å². The molecule has 0 bridgehead atoms. The number of nitrogens with two attached hydrogens (primary N) is 1. The second-order valence-electron chi connectivity index (χ2n) is 4.37. The molecule has 0 aliphatic carbocycles. The molecular formula is C12H17Br2NO3S. The van der Waals surface area contributed by atoms with Gasteiger partial charge in [-0.3, -0.25) is 0 Å². The third-order valence-electron chi connectivity index (χ3n) is 2.53. The lowest BCUT2D eigenvalue weighted by Gasteiger charge is -2.16. The normalized spacial score (nSPS) is 13.3. The Kier molecular flexibility index (Phi) is 6.79. The fourth-order valence-electron chi connectivity index (χ4n) is 1.75. The number of primary sulfonamides is 1. The number of benzene rings is 1. The van der Waals surface area contributed by atoms with Crippen LogP contribution in [0, 0.1) is 5.92 Å². The second-order valence-corrected chi connectivity index (χ2v) is 7.80. The molecule has 0 saturated heterocycles. The maximum atomic E-state index is 11.1. The molecule has 0 aromatic heterocycles. The zero-order valence-corrected chi connectivity index (χ0v) is 14.6. The van der Waals surface area contributed by atoms with Gasteiger partial charge in [-0.05, 0) is 40.5 Å². The highest BCUT2D eigenvalue weighted by atomic mass is 79.9. The van der Waals surface area contributed by atoms with E-state index in [-0.39, 0.29) is 11.7 Å². The summed E-state index contributed by atoms with van der Waals surface area (Å²) in [5, 5.41) is 5.09. The smallest absolute Gasteiger partial charge is 0.209 e. The molecule has 19 heavy (non-hydrogen) atoms. The molecule has 0 radical (unpaired) electrons. The van der Waals surface area contributed by atoms with Crippen LogP contribution in [0.15, 0.2) is 27.1 Å². The number of hydrogen-bond donors (Lipinski definition) is 1. The molecular weight excluding hydrogens is 398 g/mol. The van der Waals surface area contributed by atoms with Crippen LogP contribution in [0.1, 0.15) is 19.8 Å². The fourth-order valence-corrected chi connectivity index (χ4v) is 3.83. The summed E-state index contributed by atoms with van der Waals surface area (Å²) < 4.78 is 29.7. The zero-order valence-electron chi connectivity index (χ0n) is 10.6. The standard InChI is InChI=1S/C12H17Br2NO3S/c1-2-3-9(8-19(15,16)17)7-18-12-5-4-10(13)6-11(12)14/h4-6,9H,2-3,7-8H2,1H3,(H2,15,16,17). The average Bonchev–Trinajstić information content (AvgIpc) is 2.26. The van der Waals surface area contributed by atoms with Gasteiger partial charge in [0.2, 0.25) is 10.0 Å².